The number of carbonyl (C=O) groups excluding carboxylic acids is 3. The summed E-state index contributed by atoms with van der Waals surface area (Å²) in [6, 6.07) is 1.36. The first-order valence-corrected chi connectivity index (χ1v) is 13.8. The number of rotatable bonds is 7. The van der Waals surface area contributed by atoms with Gasteiger partial charge < -0.3 is 20.3 Å². The van der Waals surface area contributed by atoms with Gasteiger partial charge in [-0.25, -0.2) is 4.39 Å². The van der Waals surface area contributed by atoms with Crippen molar-refractivity contribution in [3.05, 3.63) is 0 Å². The molecular formula is C27H39FN4O4. The van der Waals surface area contributed by atoms with Crippen LogP contribution in [0.5, 0.6) is 0 Å². The lowest BCUT2D eigenvalue weighted by atomic mass is 9.55. The van der Waals surface area contributed by atoms with Crippen molar-refractivity contribution in [3.63, 3.8) is 0 Å². The van der Waals surface area contributed by atoms with Gasteiger partial charge in [0.15, 0.2) is 0 Å². The van der Waals surface area contributed by atoms with E-state index in [9.17, 15) is 24.0 Å². The molecule has 1 saturated heterocycles. The summed E-state index contributed by atoms with van der Waals surface area (Å²) in [6.45, 7) is 2.36. The maximum atomic E-state index is 13.7. The number of amides is 2. The minimum atomic E-state index is -1.13. The van der Waals surface area contributed by atoms with E-state index in [1.165, 1.54) is 4.90 Å². The zero-order valence-electron chi connectivity index (χ0n) is 21.4. The second-order valence-electron chi connectivity index (χ2n) is 12.2. The van der Waals surface area contributed by atoms with E-state index >= 15 is 0 Å². The zero-order valence-corrected chi connectivity index (χ0v) is 21.4. The van der Waals surface area contributed by atoms with Gasteiger partial charge in [-0.1, -0.05) is 0 Å². The summed E-state index contributed by atoms with van der Waals surface area (Å²) in [4.78, 5) is 40.2. The third-order valence-corrected chi connectivity index (χ3v) is 10.4. The van der Waals surface area contributed by atoms with Crippen LogP contribution in [0, 0.1) is 22.2 Å². The average Bonchev–Trinajstić information content (AvgIpc) is 3.30. The van der Waals surface area contributed by atoms with E-state index in [-0.39, 0.29) is 59.2 Å². The van der Waals surface area contributed by atoms with Gasteiger partial charge in [-0.2, -0.15) is 5.26 Å². The largest absolute Gasteiger partial charge is 0.466 e. The Morgan fingerprint density at radius 2 is 1.50 bits per heavy atom. The monoisotopic (exact) mass is 502 g/mol. The predicted molar refractivity (Wildman–Crippen MR) is 129 cm³/mol. The number of ether oxygens (including phenoxy) is 1. The summed E-state index contributed by atoms with van der Waals surface area (Å²) in [7, 11) is 0. The Bertz CT molecular complexity index is 913. The molecule has 2 atom stereocenters. The number of likely N-dealkylation sites (tertiary alicyclic amines) is 1. The van der Waals surface area contributed by atoms with Crippen molar-refractivity contribution in [3.8, 4) is 6.07 Å². The highest BCUT2D eigenvalue weighted by Crippen LogP contribution is 2.55. The molecule has 9 heteroatoms. The number of nitrogens with one attached hydrogen (secondary N) is 2. The molecule has 0 aromatic rings. The van der Waals surface area contributed by atoms with E-state index in [0.717, 1.165) is 77.0 Å². The van der Waals surface area contributed by atoms with Crippen LogP contribution in [0.3, 0.4) is 0 Å². The van der Waals surface area contributed by atoms with E-state index < -0.39 is 12.2 Å². The first-order valence-electron chi connectivity index (χ1n) is 13.8. The van der Waals surface area contributed by atoms with Gasteiger partial charge in [0.2, 0.25) is 11.8 Å². The van der Waals surface area contributed by atoms with Gasteiger partial charge in [-0.3, -0.25) is 14.4 Å². The van der Waals surface area contributed by atoms with Gasteiger partial charge >= 0.3 is 5.97 Å². The van der Waals surface area contributed by atoms with E-state index in [0.29, 0.717) is 6.61 Å². The molecule has 0 radical (unpaired) electrons. The Hall–Kier alpha value is -2.21. The number of hydrogen-bond acceptors (Lipinski definition) is 6. The average molecular weight is 503 g/mol. The lowest BCUT2D eigenvalue weighted by molar-refractivity contribution is -0.164. The summed E-state index contributed by atoms with van der Waals surface area (Å²) in [5.74, 6) is -0.119. The van der Waals surface area contributed by atoms with Gasteiger partial charge in [0.25, 0.3) is 0 Å². The zero-order chi connectivity index (χ0) is 25.6. The first kappa shape index (κ1) is 25.4. The van der Waals surface area contributed by atoms with Crippen LogP contribution >= 0.6 is 0 Å². The Balaban J connectivity index is 1.14. The van der Waals surface area contributed by atoms with Crippen molar-refractivity contribution in [1.29, 1.82) is 5.26 Å². The van der Waals surface area contributed by atoms with E-state index in [1.807, 2.05) is 13.0 Å². The van der Waals surface area contributed by atoms with Crippen LogP contribution in [0.2, 0.25) is 0 Å². The summed E-state index contributed by atoms with van der Waals surface area (Å²) in [5.41, 5.74) is -1.07. The highest BCUT2D eigenvalue weighted by molar-refractivity contribution is 5.84. The lowest BCUT2D eigenvalue weighted by Gasteiger charge is -2.56. The molecule has 7 rings (SSSR count). The Kier molecular flexibility index (Phi) is 6.55. The number of nitriles is 1. The highest BCUT2D eigenvalue weighted by Gasteiger charge is 2.57. The van der Waals surface area contributed by atoms with Crippen molar-refractivity contribution < 1.29 is 23.5 Å². The fourth-order valence-corrected chi connectivity index (χ4v) is 7.68. The standard InChI is InChI=1S/C27H39FN4O4/c1-2-36-23(35)25-6-12-27(13-7-25,14-8-25)31-22(34)24-3-9-26(10-4-24,11-5-24)30-17-21(33)32-18-19(28)15-20(32)16-29/h19-20,30H,2-15,17-18H2,1H3,(H,31,34)/t19-,20-,24?,25?,26?,27?/m0/s1. The van der Waals surface area contributed by atoms with Crippen LogP contribution in [-0.2, 0) is 19.1 Å². The minimum absolute atomic E-state index is 0.00230. The summed E-state index contributed by atoms with van der Waals surface area (Å²) in [5, 5.41) is 16.1. The van der Waals surface area contributed by atoms with Gasteiger partial charge in [0.1, 0.15) is 12.2 Å². The number of nitrogens with zero attached hydrogens (tertiary/aromatic N) is 2. The van der Waals surface area contributed by atoms with Crippen molar-refractivity contribution >= 4 is 17.8 Å². The van der Waals surface area contributed by atoms with Crippen LogP contribution in [0.15, 0.2) is 0 Å². The van der Waals surface area contributed by atoms with Crippen LogP contribution in [0.1, 0.15) is 90.4 Å². The maximum Gasteiger partial charge on any atom is 0.312 e. The molecule has 7 fully saturated rings. The van der Waals surface area contributed by atoms with E-state index in [1.54, 1.807) is 0 Å². The van der Waals surface area contributed by atoms with E-state index in [4.69, 9.17) is 4.74 Å². The van der Waals surface area contributed by atoms with E-state index in [2.05, 4.69) is 10.6 Å². The number of halogens is 1. The van der Waals surface area contributed by atoms with Gasteiger partial charge in [0.05, 0.1) is 31.2 Å². The molecule has 6 saturated carbocycles. The van der Waals surface area contributed by atoms with Crippen LogP contribution in [0.25, 0.3) is 0 Å². The SMILES string of the molecule is CCOC(=O)C12CCC(NC(=O)C34CCC(NCC(=O)N5C[C@@H](F)C[C@H]5C#N)(CC3)CC4)(CC1)CC2. The van der Waals surface area contributed by atoms with Gasteiger partial charge in [-0.05, 0) is 84.0 Å². The molecule has 2 amide bonds. The molecule has 4 bridgehead atoms. The normalized spacial score (nSPS) is 41.1. The number of alkyl halides is 1. The highest BCUT2D eigenvalue weighted by atomic mass is 19.1. The summed E-state index contributed by atoms with van der Waals surface area (Å²) >= 11 is 0. The van der Waals surface area contributed by atoms with Crippen molar-refractivity contribution in [2.24, 2.45) is 10.8 Å². The second kappa shape index (κ2) is 9.27. The molecule has 0 unspecified atom stereocenters. The molecule has 6 aliphatic carbocycles. The quantitative estimate of drug-likeness (QED) is 0.518. The maximum absolute atomic E-state index is 13.7. The second-order valence-corrected chi connectivity index (χ2v) is 12.2. The molecule has 0 spiro atoms. The Labute approximate surface area is 212 Å². The molecule has 0 aromatic carbocycles. The lowest BCUT2D eigenvalue weighted by Crippen LogP contribution is -2.64. The predicted octanol–water partition coefficient (Wildman–Crippen LogP) is 2.90. The number of esters is 1. The van der Waals surface area contributed by atoms with Crippen molar-refractivity contribution in [1.82, 2.24) is 15.5 Å². The molecule has 1 heterocycles. The van der Waals surface area contributed by atoms with Crippen LogP contribution in [-0.4, -0.2) is 65.7 Å². The molecule has 7 aliphatic rings. The molecule has 198 valence electrons. The van der Waals surface area contributed by atoms with Crippen molar-refractivity contribution in [2.45, 2.75) is 114 Å². The third kappa shape index (κ3) is 4.29. The fourth-order valence-electron chi connectivity index (χ4n) is 7.68. The van der Waals surface area contributed by atoms with Crippen LogP contribution < -0.4 is 10.6 Å². The van der Waals surface area contributed by atoms with Crippen LogP contribution in [0.4, 0.5) is 4.39 Å². The van der Waals surface area contributed by atoms with Gasteiger partial charge in [0, 0.05) is 22.9 Å². The molecular weight excluding hydrogens is 463 g/mol. The van der Waals surface area contributed by atoms with Crippen molar-refractivity contribution in [2.75, 3.05) is 19.7 Å². The fraction of sp³-hybridized carbons (Fsp3) is 0.852. The summed E-state index contributed by atoms with van der Waals surface area (Å²) < 4.78 is 19.1. The molecule has 36 heavy (non-hydrogen) atoms. The number of carbonyl (C=O) groups is 3. The minimum Gasteiger partial charge on any atom is -0.466 e. The number of hydrogen-bond donors (Lipinski definition) is 2. The molecule has 1 aliphatic heterocycles. The Morgan fingerprint density at radius 1 is 0.944 bits per heavy atom. The first-order chi connectivity index (χ1) is 17.2. The van der Waals surface area contributed by atoms with Gasteiger partial charge in [-0.15, -0.1) is 0 Å². The Morgan fingerprint density at radius 3 is 2.06 bits per heavy atom. The topological polar surface area (TPSA) is 112 Å². The number of fused-ring (bicyclic) bond motifs is 6. The smallest absolute Gasteiger partial charge is 0.312 e. The molecule has 2 N–H and O–H groups in total. The molecule has 0 aromatic heterocycles. The third-order valence-electron chi connectivity index (χ3n) is 10.4. The summed E-state index contributed by atoms with van der Waals surface area (Å²) in [6.07, 6.45) is 8.70. The molecule has 8 nitrogen and oxygen atoms in total.